The zero-order valence-corrected chi connectivity index (χ0v) is 10.3. The summed E-state index contributed by atoms with van der Waals surface area (Å²) in [4.78, 5) is 22.9. The number of hydrogen-bond donors (Lipinski definition) is 3. The molecule has 98 valence electrons. The molecule has 1 aliphatic rings. The van der Waals surface area contributed by atoms with Crippen LogP contribution in [-0.4, -0.2) is 29.1 Å². The zero-order chi connectivity index (χ0) is 12.8. The Balaban J connectivity index is 2.53. The first-order valence-electron chi connectivity index (χ1n) is 6.35. The van der Waals surface area contributed by atoms with Crippen LogP contribution in [0.2, 0.25) is 0 Å². The first-order valence-corrected chi connectivity index (χ1v) is 6.35. The molecule has 0 saturated heterocycles. The summed E-state index contributed by atoms with van der Waals surface area (Å²) in [6.07, 6.45) is 4.87. The van der Waals surface area contributed by atoms with Crippen molar-refractivity contribution in [1.82, 2.24) is 5.32 Å². The van der Waals surface area contributed by atoms with E-state index >= 15 is 0 Å². The van der Waals surface area contributed by atoms with Gasteiger partial charge in [0.2, 0.25) is 5.91 Å². The average molecular weight is 242 g/mol. The maximum atomic E-state index is 11.9. The summed E-state index contributed by atoms with van der Waals surface area (Å²) in [5, 5.41) is 11.6. The van der Waals surface area contributed by atoms with Crippen molar-refractivity contribution in [2.24, 2.45) is 11.7 Å². The predicted molar refractivity (Wildman–Crippen MR) is 64.4 cm³/mol. The van der Waals surface area contributed by atoms with Gasteiger partial charge in [0.1, 0.15) is 6.04 Å². The second-order valence-corrected chi connectivity index (χ2v) is 4.74. The fourth-order valence-electron chi connectivity index (χ4n) is 2.31. The maximum Gasteiger partial charge on any atom is 0.326 e. The zero-order valence-electron chi connectivity index (χ0n) is 10.3. The Kier molecular flexibility index (Phi) is 5.41. The fraction of sp³-hybridized carbons (Fsp3) is 0.833. The molecular weight excluding hydrogens is 220 g/mol. The van der Waals surface area contributed by atoms with Crippen molar-refractivity contribution in [3.63, 3.8) is 0 Å². The molecule has 1 saturated carbocycles. The van der Waals surface area contributed by atoms with Gasteiger partial charge >= 0.3 is 5.97 Å². The molecule has 1 rings (SSSR count). The van der Waals surface area contributed by atoms with Crippen molar-refractivity contribution in [1.29, 1.82) is 0 Å². The van der Waals surface area contributed by atoms with Crippen LogP contribution in [0.3, 0.4) is 0 Å². The van der Waals surface area contributed by atoms with Gasteiger partial charge in [0.25, 0.3) is 0 Å². The third-order valence-electron chi connectivity index (χ3n) is 3.35. The molecule has 0 spiro atoms. The highest BCUT2D eigenvalue weighted by molar-refractivity contribution is 5.85. The summed E-state index contributed by atoms with van der Waals surface area (Å²) >= 11 is 0. The first-order chi connectivity index (χ1) is 8.06. The van der Waals surface area contributed by atoms with Crippen molar-refractivity contribution < 1.29 is 14.7 Å². The van der Waals surface area contributed by atoms with Gasteiger partial charge in [-0.25, -0.2) is 4.79 Å². The molecule has 1 fully saturated rings. The third-order valence-corrected chi connectivity index (χ3v) is 3.35. The Labute approximate surface area is 102 Å². The van der Waals surface area contributed by atoms with Gasteiger partial charge in [-0.1, -0.05) is 26.2 Å². The number of carboxylic acids is 1. The van der Waals surface area contributed by atoms with E-state index in [0.717, 1.165) is 32.1 Å². The average Bonchev–Trinajstić information content (AvgIpc) is 2.28. The van der Waals surface area contributed by atoms with Crippen molar-refractivity contribution in [2.45, 2.75) is 57.5 Å². The van der Waals surface area contributed by atoms with Crippen LogP contribution in [0.25, 0.3) is 0 Å². The van der Waals surface area contributed by atoms with Crippen LogP contribution in [-0.2, 0) is 9.59 Å². The van der Waals surface area contributed by atoms with E-state index in [2.05, 4.69) is 5.32 Å². The summed E-state index contributed by atoms with van der Waals surface area (Å²) in [6.45, 7) is 1.90. The first kappa shape index (κ1) is 14.0. The highest BCUT2D eigenvalue weighted by Crippen LogP contribution is 2.23. The van der Waals surface area contributed by atoms with Crippen LogP contribution in [0.1, 0.15) is 45.4 Å². The molecule has 0 aromatic heterocycles. The SMILES string of the molecule is CCC[C@@H](NC(=O)C1CCCCC1N)C(=O)O. The summed E-state index contributed by atoms with van der Waals surface area (Å²) in [5.41, 5.74) is 5.90. The lowest BCUT2D eigenvalue weighted by atomic mass is 9.84. The monoisotopic (exact) mass is 242 g/mol. The smallest absolute Gasteiger partial charge is 0.326 e. The van der Waals surface area contributed by atoms with Gasteiger partial charge in [-0.05, 0) is 19.3 Å². The Morgan fingerprint density at radius 2 is 2.06 bits per heavy atom. The highest BCUT2D eigenvalue weighted by Gasteiger charge is 2.30. The van der Waals surface area contributed by atoms with Gasteiger partial charge in [-0.3, -0.25) is 4.79 Å². The van der Waals surface area contributed by atoms with Crippen LogP contribution in [0, 0.1) is 5.92 Å². The summed E-state index contributed by atoms with van der Waals surface area (Å²) < 4.78 is 0. The van der Waals surface area contributed by atoms with E-state index in [1.54, 1.807) is 0 Å². The van der Waals surface area contributed by atoms with E-state index in [0.29, 0.717) is 6.42 Å². The van der Waals surface area contributed by atoms with Gasteiger partial charge < -0.3 is 16.2 Å². The minimum atomic E-state index is -0.968. The summed E-state index contributed by atoms with van der Waals surface area (Å²) in [7, 11) is 0. The number of carbonyl (C=O) groups excluding carboxylic acids is 1. The minimum Gasteiger partial charge on any atom is -0.480 e. The number of hydrogen-bond acceptors (Lipinski definition) is 3. The van der Waals surface area contributed by atoms with Crippen LogP contribution in [0.5, 0.6) is 0 Å². The van der Waals surface area contributed by atoms with Crippen molar-refractivity contribution in [3.05, 3.63) is 0 Å². The standard InChI is InChI=1S/C12H22N2O3/c1-2-5-10(12(16)17)14-11(15)8-6-3-4-7-9(8)13/h8-10H,2-7,13H2,1H3,(H,14,15)(H,16,17)/t8?,9?,10-/m1/s1. The van der Waals surface area contributed by atoms with Crippen molar-refractivity contribution in [2.75, 3.05) is 0 Å². The topological polar surface area (TPSA) is 92.4 Å². The quantitative estimate of drug-likeness (QED) is 0.667. The van der Waals surface area contributed by atoms with Gasteiger partial charge in [0.15, 0.2) is 0 Å². The van der Waals surface area contributed by atoms with Crippen LogP contribution < -0.4 is 11.1 Å². The van der Waals surface area contributed by atoms with E-state index in [9.17, 15) is 9.59 Å². The largest absolute Gasteiger partial charge is 0.480 e. The van der Waals surface area contributed by atoms with Gasteiger partial charge in [-0.15, -0.1) is 0 Å². The normalized spacial score (nSPS) is 26.2. The molecule has 0 aromatic carbocycles. The molecule has 17 heavy (non-hydrogen) atoms. The number of carboxylic acid groups (broad SMARTS) is 1. The second kappa shape index (κ2) is 6.59. The molecule has 1 amide bonds. The fourth-order valence-corrected chi connectivity index (χ4v) is 2.31. The van der Waals surface area contributed by atoms with E-state index < -0.39 is 12.0 Å². The lowest BCUT2D eigenvalue weighted by Gasteiger charge is -2.28. The molecule has 5 nitrogen and oxygen atoms in total. The van der Waals surface area contributed by atoms with Gasteiger partial charge in [0, 0.05) is 6.04 Å². The van der Waals surface area contributed by atoms with Crippen molar-refractivity contribution >= 4 is 11.9 Å². The molecule has 0 aromatic rings. The van der Waals surface area contributed by atoms with E-state index in [1.165, 1.54) is 0 Å². The minimum absolute atomic E-state index is 0.125. The number of aliphatic carboxylic acids is 1. The Morgan fingerprint density at radius 3 is 2.59 bits per heavy atom. The molecule has 4 N–H and O–H groups in total. The maximum absolute atomic E-state index is 11.9. The van der Waals surface area contributed by atoms with Gasteiger partial charge in [-0.2, -0.15) is 0 Å². The highest BCUT2D eigenvalue weighted by atomic mass is 16.4. The number of carbonyl (C=O) groups is 2. The number of rotatable bonds is 5. The molecular formula is C12H22N2O3. The molecule has 0 heterocycles. The predicted octanol–water partition coefficient (Wildman–Crippen LogP) is 0.873. The Bertz CT molecular complexity index is 281. The Hall–Kier alpha value is -1.10. The molecule has 2 unspecified atom stereocenters. The number of amides is 1. The van der Waals surface area contributed by atoms with E-state index in [4.69, 9.17) is 10.8 Å². The van der Waals surface area contributed by atoms with Crippen LogP contribution in [0.4, 0.5) is 0 Å². The van der Waals surface area contributed by atoms with E-state index in [1.807, 2.05) is 6.92 Å². The molecule has 0 radical (unpaired) electrons. The van der Waals surface area contributed by atoms with Crippen molar-refractivity contribution in [3.8, 4) is 0 Å². The molecule has 1 aliphatic carbocycles. The summed E-state index contributed by atoms with van der Waals surface area (Å²) in [6, 6.07) is -0.901. The second-order valence-electron chi connectivity index (χ2n) is 4.74. The molecule has 0 aliphatic heterocycles. The number of nitrogens with one attached hydrogen (secondary N) is 1. The lowest BCUT2D eigenvalue weighted by Crippen LogP contribution is -2.49. The Morgan fingerprint density at radius 1 is 1.41 bits per heavy atom. The van der Waals surface area contributed by atoms with Crippen LogP contribution in [0.15, 0.2) is 0 Å². The van der Waals surface area contributed by atoms with Gasteiger partial charge in [0.05, 0.1) is 5.92 Å². The third kappa shape index (κ3) is 4.00. The molecule has 0 bridgehead atoms. The summed E-state index contributed by atoms with van der Waals surface area (Å²) in [5.74, 6) is -1.38. The molecule has 3 atom stereocenters. The van der Waals surface area contributed by atoms with Crippen LogP contribution >= 0.6 is 0 Å². The number of nitrogens with two attached hydrogens (primary N) is 1. The molecule has 5 heteroatoms. The van der Waals surface area contributed by atoms with E-state index in [-0.39, 0.29) is 17.9 Å². The lowest BCUT2D eigenvalue weighted by molar-refractivity contribution is -0.143.